The van der Waals surface area contributed by atoms with Gasteiger partial charge in [0.05, 0.1) is 12.1 Å². The van der Waals surface area contributed by atoms with Crippen LogP contribution in [0, 0.1) is 0 Å². The zero-order chi connectivity index (χ0) is 11.4. The minimum absolute atomic E-state index is 0.0329. The number of aromatic hydroxyl groups is 1. The minimum Gasteiger partial charge on any atom is -0.493 e. The number of nitrogens with one attached hydrogen (secondary N) is 2. The van der Waals surface area contributed by atoms with Crippen LogP contribution < -0.4 is 10.9 Å². The minimum atomic E-state index is -0.259. The van der Waals surface area contributed by atoms with E-state index in [1.165, 1.54) is 0 Å². The average Bonchev–Trinajstić information content (AvgIpc) is 2.12. The van der Waals surface area contributed by atoms with Crippen LogP contribution in [0.25, 0.3) is 0 Å². The average molecular weight is 211 g/mol. The van der Waals surface area contributed by atoms with Crippen molar-refractivity contribution in [2.24, 2.45) is 0 Å². The van der Waals surface area contributed by atoms with Crippen molar-refractivity contribution in [2.45, 2.75) is 33.2 Å². The summed E-state index contributed by atoms with van der Waals surface area (Å²) in [5, 5.41) is 12.6. The number of rotatable bonds is 4. The first-order valence-corrected chi connectivity index (χ1v) is 5.09. The van der Waals surface area contributed by atoms with Gasteiger partial charge in [0.2, 0.25) is 5.88 Å². The molecule has 1 aromatic heterocycles. The Labute approximate surface area is 88.6 Å². The molecule has 0 atom stereocenters. The zero-order valence-electron chi connectivity index (χ0n) is 9.29. The summed E-state index contributed by atoms with van der Waals surface area (Å²) in [6.45, 7) is 6.89. The number of hydrogen-bond donors (Lipinski definition) is 3. The molecule has 0 saturated heterocycles. The molecule has 0 unspecified atom stereocenters. The molecular formula is C10H17N3O2. The van der Waals surface area contributed by atoms with Gasteiger partial charge in [-0.25, -0.2) is 0 Å². The fraction of sp³-hybridized carbons (Fsp3) is 0.600. The predicted octanol–water partition coefficient (Wildman–Crippen LogP) is 0.708. The van der Waals surface area contributed by atoms with Gasteiger partial charge in [0.25, 0.3) is 5.56 Å². The van der Waals surface area contributed by atoms with Crippen LogP contribution in [0.2, 0.25) is 0 Å². The van der Waals surface area contributed by atoms with E-state index in [0.29, 0.717) is 17.9 Å². The monoisotopic (exact) mass is 211 g/mol. The third kappa shape index (κ3) is 2.79. The molecule has 0 fully saturated rings. The second-order valence-electron chi connectivity index (χ2n) is 3.68. The van der Waals surface area contributed by atoms with Crippen LogP contribution in [0.15, 0.2) is 4.79 Å². The van der Waals surface area contributed by atoms with Gasteiger partial charge in [0, 0.05) is 0 Å². The molecule has 0 amide bonds. The van der Waals surface area contributed by atoms with E-state index in [1.54, 1.807) is 0 Å². The number of aromatic amines is 1. The van der Waals surface area contributed by atoms with Crippen molar-refractivity contribution in [3.05, 3.63) is 21.7 Å². The lowest BCUT2D eigenvalue weighted by molar-refractivity contribution is 0.434. The second-order valence-corrected chi connectivity index (χ2v) is 3.68. The van der Waals surface area contributed by atoms with E-state index in [0.717, 1.165) is 6.54 Å². The number of nitrogens with zero attached hydrogens (tertiary/aromatic N) is 1. The molecular weight excluding hydrogens is 194 g/mol. The van der Waals surface area contributed by atoms with E-state index in [-0.39, 0.29) is 17.4 Å². The molecule has 1 aromatic rings. The Balaban J connectivity index is 3.03. The predicted molar refractivity (Wildman–Crippen MR) is 58.0 cm³/mol. The molecule has 0 aliphatic rings. The molecule has 5 nitrogen and oxygen atoms in total. The quantitative estimate of drug-likeness (QED) is 0.685. The van der Waals surface area contributed by atoms with Crippen LogP contribution in [0.1, 0.15) is 38.1 Å². The summed E-state index contributed by atoms with van der Waals surface area (Å²) in [5.41, 5.74) is 0.0839. The van der Waals surface area contributed by atoms with Crippen LogP contribution in [0.4, 0.5) is 0 Å². The van der Waals surface area contributed by atoms with Gasteiger partial charge >= 0.3 is 0 Å². The van der Waals surface area contributed by atoms with Crippen molar-refractivity contribution in [1.82, 2.24) is 15.3 Å². The number of H-pyrrole nitrogens is 1. The van der Waals surface area contributed by atoms with Crippen molar-refractivity contribution in [1.29, 1.82) is 0 Å². The molecule has 0 bridgehead atoms. The van der Waals surface area contributed by atoms with Gasteiger partial charge in [-0.1, -0.05) is 20.8 Å². The summed E-state index contributed by atoms with van der Waals surface area (Å²) in [6.07, 6.45) is 0. The fourth-order valence-corrected chi connectivity index (χ4v) is 1.36. The van der Waals surface area contributed by atoms with Crippen LogP contribution in [-0.4, -0.2) is 21.6 Å². The summed E-state index contributed by atoms with van der Waals surface area (Å²) in [6, 6.07) is 0. The molecule has 1 heterocycles. The summed E-state index contributed by atoms with van der Waals surface area (Å²) in [4.78, 5) is 18.2. The van der Waals surface area contributed by atoms with Crippen molar-refractivity contribution >= 4 is 0 Å². The van der Waals surface area contributed by atoms with Gasteiger partial charge in [-0.05, 0) is 12.5 Å². The summed E-state index contributed by atoms with van der Waals surface area (Å²) >= 11 is 0. The Morgan fingerprint density at radius 2 is 2.20 bits per heavy atom. The Kier molecular flexibility index (Phi) is 3.85. The van der Waals surface area contributed by atoms with Gasteiger partial charge in [0.1, 0.15) is 5.82 Å². The van der Waals surface area contributed by atoms with E-state index >= 15 is 0 Å². The van der Waals surface area contributed by atoms with Crippen LogP contribution in [0.5, 0.6) is 5.88 Å². The van der Waals surface area contributed by atoms with E-state index in [9.17, 15) is 9.90 Å². The van der Waals surface area contributed by atoms with Crippen LogP contribution in [-0.2, 0) is 6.54 Å². The topological polar surface area (TPSA) is 78.0 Å². The van der Waals surface area contributed by atoms with E-state index in [1.807, 2.05) is 20.8 Å². The number of hydrogen-bond acceptors (Lipinski definition) is 4. The maximum Gasteiger partial charge on any atom is 0.258 e. The molecule has 0 radical (unpaired) electrons. The Bertz CT molecular complexity index is 385. The van der Waals surface area contributed by atoms with Crippen LogP contribution >= 0.6 is 0 Å². The van der Waals surface area contributed by atoms with Gasteiger partial charge in [-0.3, -0.25) is 4.79 Å². The highest BCUT2D eigenvalue weighted by Gasteiger charge is 2.13. The van der Waals surface area contributed by atoms with Crippen molar-refractivity contribution < 1.29 is 5.11 Å². The van der Waals surface area contributed by atoms with Crippen molar-refractivity contribution in [3.63, 3.8) is 0 Å². The highest BCUT2D eigenvalue weighted by Crippen LogP contribution is 2.18. The van der Waals surface area contributed by atoms with Crippen molar-refractivity contribution in [3.8, 4) is 5.88 Å². The molecule has 0 aromatic carbocycles. The molecule has 5 heteroatoms. The van der Waals surface area contributed by atoms with Gasteiger partial charge in [-0.2, -0.15) is 4.98 Å². The first-order chi connectivity index (χ1) is 7.06. The Morgan fingerprint density at radius 1 is 1.53 bits per heavy atom. The van der Waals surface area contributed by atoms with E-state index in [4.69, 9.17) is 0 Å². The Hall–Kier alpha value is -1.36. The maximum atomic E-state index is 11.6. The lowest BCUT2D eigenvalue weighted by atomic mass is 10.1. The molecule has 0 spiro atoms. The lowest BCUT2D eigenvalue weighted by Gasteiger charge is -2.08. The molecule has 3 N–H and O–H groups in total. The zero-order valence-corrected chi connectivity index (χ0v) is 9.29. The molecule has 0 aliphatic heterocycles. The third-order valence-electron chi connectivity index (χ3n) is 2.10. The van der Waals surface area contributed by atoms with Gasteiger partial charge < -0.3 is 15.4 Å². The maximum absolute atomic E-state index is 11.6. The standard InChI is InChI=1S/C10H17N3O2/c1-4-11-5-7-12-9(14)8(6(2)3)10(15)13-7/h6,11H,4-5H2,1-3H3,(H2,12,13,14,15). The van der Waals surface area contributed by atoms with E-state index < -0.39 is 0 Å². The van der Waals surface area contributed by atoms with Gasteiger partial charge in [0.15, 0.2) is 0 Å². The van der Waals surface area contributed by atoms with Gasteiger partial charge in [-0.15, -0.1) is 0 Å². The molecule has 0 aliphatic carbocycles. The smallest absolute Gasteiger partial charge is 0.258 e. The summed E-state index contributed by atoms with van der Waals surface area (Å²) in [5.74, 6) is 0.264. The van der Waals surface area contributed by atoms with E-state index in [2.05, 4.69) is 15.3 Å². The second kappa shape index (κ2) is 4.93. The summed E-state index contributed by atoms with van der Waals surface area (Å²) < 4.78 is 0. The molecule has 15 heavy (non-hydrogen) atoms. The fourth-order valence-electron chi connectivity index (χ4n) is 1.36. The first-order valence-electron chi connectivity index (χ1n) is 5.09. The lowest BCUT2D eigenvalue weighted by Crippen LogP contribution is -2.22. The normalized spacial score (nSPS) is 10.9. The first kappa shape index (κ1) is 11.7. The third-order valence-corrected chi connectivity index (χ3v) is 2.10. The Morgan fingerprint density at radius 3 is 2.67 bits per heavy atom. The molecule has 0 saturated carbocycles. The van der Waals surface area contributed by atoms with Crippen LogP contribution in [0.3, 0.4) is 0 Å². The SMILES string of the molecule is CCNCc1nc(O)c(C(C)C)c(=O)[nH]1. The summed E-state index contributed by atoms with van der Waals surface area (Å²) in [7, 11) is 0. The molecule has 1 rings (SSSR count). The van der Waals surface area contributed by atoms with Crippen molar-refractivity contribution in [2.75, 3.05) is 6.54 Å². The highest BCUT2D eigenvalue weighted by molar-refractivity contribution is 5.25. The number of aromatic nitrogens is 2. The highest BCUT2D eigenvalue weighted by atomic mass is 16.3. The molecule has 84 valence electrons. The largest absolute Gasteiger partial charge is 0.493 e.